The van der Waals surface area contributed by atoms with Crippen LogP contribution in [0.1, 0.15) is 46.0 Å². The second kappa shape index (κ2) is 15.9. The summed E-state index contributed by atoms with van der Waals surface area (Å²) in [6.07, 6.45) is 0.644. The smallest absolute Gasteiger partial charge is 0.326 e. The number of hydrogen-bond acceptors (Lipinski definition) is 8. The van der Waals surface area contributed by atoms with Crippen molar-refractivity contribution in [1.29, 1.82) is 0 Å². The summed E-state index contributed by atoms with van der Waals surface area (Å²) in [6.45, 7) is 3.38. The Morgan fingerprint density at radius 1 is 0.794 bits per heavy atom. The molecule has 0 aliphatic carbocycles. The molecule has 194 valence electrons. The monoisotopic (exact) mass is 505 g/mol. The van der Waals surface area contributed by atoms with Crippen molar-refractivity contribution >= 4 is 47.3 Å². The van der Waals surface area contributed by atoms with Crippen LogP contribution in [0.3, 0.4) is 0 Å². The third-order valence-corrected chi connectivity index (χ3v) is 5.48. The van der Waals surface area contributed by atoms with Gasteiger partial charge in [-0.15, -0.1) is 0 Å². The maximum atomic E-state index is 12.9. The van der Waals surface area contributed by atoms with Crippen molar-refractivity contribution in [3.8, 4) is 0 Å². The van der Waals surface area contributed by atoms with Gasteiger partial charge in [0.2, 0.25) is 23.6 Å². The fourth-order valence-electron chi connectivity index (χ4n) is 2.70. The van der Waals surface area contributed by atoms with Gasteiger partial charge < -0.3 is 37.6 Å². The molecule has 0 saturated carbocycles. The Labute approximate surface area is 202 Å². The molecular formula is C20H35N5O8S. The van der Waals surface area contributed by atoms with Crippen LogP contribution in [0.25, 0.3) is 0 Å². The summed E-state index contributed by atoms with van der Waals surface area (Å²) in [7, 11) is 0. The number of carbonyl (C=O) groups excluding carboxylic acids is 4. The molecule has 0 aliphatic rings. The summed E-state index contributed by atoms with van der Waals surface area (Å²) in [6, 6.07) is -4.86. The number of nitrogens with two attached hydrogens (primary N) is 2. The molecular weight excluding hydrogens is 470 g/mol. The van der Waals surface area contributed by atoms with Crippen LogP contribution in [0.5, 0.6) is 0 Å². The molecule has 0 heterocycles. The Hall–Kier alpha value is -2.87. The first-order chi connectivity index (χ1) is 15.8. The number of thioether (sulfide) groups is 1. The van der Waals surface area contributed by atoms with E-state index >= 15 is 0 Å². The fraction of sp³-hybridized carbons (Fsp3) is 0.700. The van der Waals surface area contributed by atoms with E-state index in [0.29, 0.717) is 5.75 Å². The highest BCUT2D eigenvalue weighted by molar-refractivity contribution is 7.98. The first-order valence-electron chi connectivity index (χ1n) is 10.7. The molecule has 0 aromatic carbocycles. The van der Waals surface area contributed by atoms with Crippen LogP contribution >= 0.6 is 11.8 Å². The molecule has 4 atom stereocenters. The van der Waals surface area contributed by atoms with Crippen molar-refractivity contribution in [3.63, 3.8) is 0 Å². The lowest BCUT2D eigenvalue weighted by molar-refractivity contribution is -0.142. The molecule has 13 nitrogen and oxygen atoms in total. The van der Waals surface area contributed by atoms with Gasteiger partial charge >= 0.3 is 11.9 Å². The lowest BCUT2D eigenvalue weighted by Crippen LogP contribution is -2.57. The van der Waals surface area contributed by atoms with Crippen molar-refractivity contribution in [2.24, 2.45) is 17.4 Å². The highest BCUT2D eigenvalue weighted by Crippen LogP contribution is 2.07. The van der Waals surface area contributed by atoms with Crippen LogP contribution in [0.4, 0.5) is 0 Å². The van der Waals surface area contributed by atoms with Gasteiger partial charge in [-0.1, -0.05) is 13.8 Å². The molecule has 0 rings (SSSR count). The number of amides is 4. The molecule has 0 aliphatic heterocycles. The molecule has 9 N–H and O–H groups in total. The molecule has 0 fully saturated rings. The van der Waals surface area contributed by atoms with E-state index in [9.17, 15) is 33.9 Å². The van der Waals surface area contributed by atoms with E-state index in [1.54, 1.807) is 20.1 Å². The highest BCUT2D eigenvalue weighted by Gasteiger charge is 2.31. The van der Waals surface area contributed by atoms with Crippen molar-refractivity contribution < 1.29 is 39.0 Å². The molecule has 0 aromatic heterocycles. The summed E-state index contributed by atoms with van der Waals surface area (Å²) in [5, 5.41) is 25.4. The van der Waals surface area contributed by atoms with E-state index in [1.807, 2.05) is 0 Å². The highest BCUT2D eigenvalue weighted by atomic mass is 32.2. The fourth-order valence-corrected chi connectivity index (χ4v) is 3.17. The number of carboxylic acids is 2. The number of primary amides is 1. The quantitative estimate of drug-likeness (QED) is 0.119. The van der Waals surface area contributed by atoms with Crippen molar-refractivity contribution in [3.05, 3.63) is 0 Å². The number of aliphatic carboxylic acids is 2. The zero-order valence-electron chi connectivity index (χ0n) is 19.5. The molecule has 0 bridgehead atoms. The van der Waals surface area contributed by atoms with Crippen molar-refractivity contribution in [2.75, 3.05) is 12.0 Å². The third-order valence-electron chi connectivity index (χ3n) is 4.84. The van der Waals surface area contributed by atoms with Gasteiger partial charge in [-0.3, -0.25) is 24.0 Å². The second-order valence-corrected chi connectivity index (χ2v) is 9.00. The average Bonchev–Trinajstić information content (AvgIpc) is 2.74. The Morgan fingerprint density at radius 3 is 1.68 bits per heavy atom. The van der Waals surface area contributed by atoms with E-state index in [4.69, 9.17) is 16.6 Å². The first kappa shape index (κ1) is 31.1. The Morgan fingerprint density at radius 2 is 1.26 bits per heavy atom. The number of carboxylic acid groups (broad SMARTS) is 2. The molecule has 0 spiro atoms. The van der Waals surface area contributed by atoms with Crippen LogP contribution in [-0.4, -0.2) is 82.0 Å². The van der Waals surface area contributed by atoms with Gasteiger partial charge in [0.25, 0.3) is 0 Å². The minimum Gasteiger partial charge on any atom is -0.481 e. The Kier molecular flexibility index (Phi) is 14.5. The largest absolute Gasteiger partial charge is 0.481 e. The van der Waals surface area contributed by atoms with Gasteiger partial charge in [-0.05, 0) is 37.2 Å². The van der Waals surface area contributed by atoms with Crippen LogP contribution in [0.15, 0.2) is 0 Å². The van der Waals surface area contributed by atoms with E-state index in [2.05, 4.69) is 16.0 Å². The summed E-state index contributed by atoms with van der Waals surface area (Å²) >= 11 is 1.39. The lowest BCUT2D eigenvalue weighted by atomic mass is 10.0. The van der Waals surface area contributed by atoms with Gasteiger partial charge in [-0.25, -0.2) is 4.79 Å². The third kappa shape index (κ3) is 12.4. The van der Waals surface area contributed by atoms with E-state index in [0.717, 1.165) is 0 Å². The minimum atomic E-state index is -1.35. The first-order valence-corrected chi connectivity index (χ1v) is 12.1. The normalized spacial score (nSPS) is 14.4. The van der Waals surface area contributed by atoms with Gasteiger partial charge in [-0.2, -0.15) is 11.8 Å². The van der Waals surface area contributed by atoms with Gasteiger partial charge in [0.05, 0.1) is 6.04 Å². The number of hydrogen-bond donors (Lipinski definition) is 7. The Balaban J connectivity index is 5.60. The van der Waals surface area contributed by atoms with Gasteiger partial charge in [0.1, 0.15) is 18.1 Å². The number of nitrogens with one attached hydrogen (secondary N) is 3. The predicted molar refractivity (Wildman–Crippen MR) is 125 cm³/mol. The molecule has 4 unspecified atom stereocenters. The summed E-state index contributed by atoms with van der Waals surface area (Å²) in [4.78, 5) is 71.6. The molecule has 34 heavy (non-hydrogen) atoms. The van der Waals surface area contributed by atoms with Gasteiger partial charge in [0.15, 0.2) is 0 Å². The Bertz CT molecular complexity index is 748. The SMILES string of the molecule is CSCCC(NC(=O)C(CCC(N)=O)NC(=O)C(CCC(=O)O)NC(=O)C(N)C(C)C)C(=O)O. The zero-order valence-corrected chi connectivity index (χ0v) is 20.4. The maximum Gasteiger partial charge on any atom is 0.326 e. The van der Waals surface area contributed by atoms with Crippen molar-refractivity contribution in [1.82, 2.24) is 16.0 Å². The van der Waals surface area contributed by atoms with E-state index in [1.165, 1.54) is 11.8 Å². The molecule has 0 saturated heterocycles. The van der Waals surface area contributed by atoms with Crippen LogP contribution in [0.2, 0.25) is 0 Å². The number of rotatable bonds is 17. The number of carbonyl (C=O) groups is 6. The van der Waals surface area contributed by atoms with E-state index < -0.39 is 66.2 Å². The second-order valence-electron chi connectivity index (χ2n) is 8.01. The summed E-state index contributed by atoms with van der Waals surface area (Å²) in [5.41, 5.74) is 10.9. The molecule has 14 heteroatoms. The topological polar surface area (TPSA) is 231 Å². The summed E-state index contributed by atoms with van der Waals surface area (Å²) in [5.74, 6) is -5.44. The van der Waals surface area contributed by atoms with Crippen molar-refractivity contribution in [2.45, 2.75) is 70.1 Å². The van der Waals surface area contributed by atoms with Gasteiger partial charge in [0, 0.05) is 12.8 Å². The summed E-state index contributed by atoms with van der Waals surface area (Å²) < 4.78 is 0. The van der Waals surface area contributed by atoms with E-state index in [-0.39, 0.29) is 31.6 Å². The molecule has 4 amide bonds. The van der Waals surface area contributed by atoms with Crippen LogP contribution in [-0.2, 0) is 28.8 Å². The zero-order chi connectivity index (χ0) is 26.4. The minimum absolute atomic E-state index is 0.128. The molecule has 0 radical (unpaired) electrons. The van der Waals surface area contributed by atoms with Crippen LogP contribution in [0, 0.1) is 5.92 Å². The average molecular weight is 506 g/mol. The standard InChI is InChI=1S/C20H35N5O8S/c1-10(2)16(22)19(31)24-12(5-7-15(27)28)17(29)23-11(4-6-14(21)26)18(30)25-13(20(32)33)8-9-34-3/h10-13,16H,4-9,22H2,1-3H3,(H2,21,26)(H,23,29)(H,24,31)(H,25,30)(H,27,28)(H,32,33). The predicted octanol–water partition coefficient (Wildman–Crippen LogP) is -1.61. The maximum absolute atomic E-state index is 12.9. The van der Waals surface area contributed by atoms with Crippen LogP contribution < -0.4 is 27.4 Å². The lowest BCUT2D eigenvalue weighted by Gasteiger charge is -2.25. The molecule has 0 aromatic rings.